The fourth-order valence-corrected chi connectivity index (χ4v) is 2.74. The van der Waals surface area contributed by atoms with E-state index in [9.17, 15) is 5.11 Å². The molecule has 2 heterocycles. The lowest BCUT2D eigenvalue weighted by Crippen LogP contribution is -2.13. The van der Waals surface area contributed by atoms with Crippen molar-refractivity contribution in [3.05, 3.63) is 59.1 Å². The second-order valence-electron chi connectivity index (χ2n) is 5.24. The van der Waals surface area contributed by atoms with Crippen LogP contribution in [-0.4, -0.2) is 19.9 Å². The van der Waals surface area contributed by atoms with Crippen molar-refractivity contribution in [1.82, 2.24) is 14.8 Å². The summed E-state index contributed by atoms with van der Waals surface area (Å²) in [6, 6.07) is 9.87. The highest BCUT2D eigenvalue weighted by molar-refractivity contribution is 6.31. The zero-order valence-electron chi connectivity index (χ0n) is 11.9. The molecule has 2 aromatic heterocycles. The van der Waals surface area contributed by atoms with Gasteiger partial charge in [0.05, 0.1) is 22.6 Å². The molecule has 0 spiro atoms. The highest BCUT2D eigenvalue weighted by Crippen LogP contribution is 2.32. The van der Waals surface area contributed by atoms with Crippen molar-refractivity contribution < 1.29 is 5.11 Å². The van der Waals surface area contributed by atoms with Gasteiger partial charge in [-0.1, -0.05) is 35.9 Å². The molecule has 1 atom stereocenters. The van der Waals surface area contributed by atoms with Gasteiger partial charge in [0.15, 0.2) is 0 Å². The fourth-order valence-electron chi connectivity index (χ4n) is 2.51. The minimum atomic E-state index is -0.909. The summed E-state index contributed by atoms with van der Waals surface area (Å²) in [5, 5.41) is 17.4. The number of pyridine rings is 1. The summed E-state index contributed by atoms with van der Waals surface area (Å²) in [6.45, 7) is 3.99. The Morgan fingerprint density at radius 1 is 1.19 bits per heavy atom. The zero-order chi connectivity index (χ0) is 15.0. The Morgan fingerprint density at radius 3 is 2.71 bits per heavy atom. The van der Waals surface area contributed by atoms with E-state index in [-0.39, 0.29) is 6.04 Å². The largest absolute Gasteiger partial charge is 0.380 e. The smallest absolute Gasteiger partial charge is 0.140 e. The molecule has 0 fully saturated rings. The van der Waals surface area contributed by atoms with E-state index in [0.29, 0.717) is 16.4 Å². The number of hydrogen-bond donors (Lipinski definition) is 1. The van der Waals surface area contributed by atoms with Crippen molar-refractivity contribution in [1.29, 1.82) is 0 Å². The van der Waals surface area contributed by atoms with E-state index in [1.807, 2.05) is 44.2 Å². The predicted octanol–water partition coefficient (Wildman–Crippen LogP) is 3.75. The normalized spacial score (nSPS) is 13.0. The van der Waals surface area contributed by atoms with Crippen LogP contribution in [0.5, 0.6) is 0 Å². The Labute approximate surface area is 128 Å². The first-order chi connectivity index (χ1) is 10.1. The lowest BCUT2D eigenvalue weighted by Gasteiger charge is -2.17. The summed E-state index contributed by atoms with van der Waals surface area (Å²) in [6.07, 6.45) is 2.35. The first kappa shape index (κ1) is 14.0. The van der Waals surface area contributed by atoms with Crippen LogP contribution in [0.2, 0.25) is 5.02 Å². The lowest BCUT2D eigenvalue weighted by molar-refractivity contribution is 0.202. The summed E-state index contributed by atoms with van der Waals surface area (Å²) >= 11 is 6.21. The summed E-state index contributed by atoms with van der Waals surface area (Å²) in [7, 11) is 0. The molecule has 108 valence electrons. The van der Waals surface area contributed by atoms with Gasteiger partial charge in [-0.05, 0) is 25.3 Å². The van der Waals surface area contributed by atoms with Crippen LogP contribution in [0.25, 0.3) is 10.8 Å². The number of aliphatic hydroxyl groups is 1. The SMILES string of the molecule is CC(C)n1ncc(Cl)c1C(O)c1nccc2ccccc12. The van der Waals surface area contributed by atoms with E-state index in [1.54, 1.807) is 17.1 Å². The number of aromatic nitrogens is 3. The quantitative estimate of drug-likeness (QED) is 0.801. The molecule has 5 heteroatoms. The molecular weight excluding hydrogens is 286 g/mol. The van der Waals surface area contributed by atoms with Gasteiger partial charge in [-0.15, -0.1) is 0 Å². The molecule has 0 bridgehead atoms. The molecule has 1 aromatic carbocycles. The van der Waals surface area contributed by atoms with Crippen molar-refractivity contribution in [3.8, 4) is 0 Å². The van der Waals surface area contributed by atoms with Crippen LogP contribution in [0, 0.1) is 0 Å². The maximum atomic E-state index is 10.8. The van der Waals surface area contributed by atoms with Gasteiger partial charge in [0.25, 0.3) is 0 Å². The van der Waals surface area contributed by atoms with Crippen LogP contribution in [0.15, 0.2) is 42.7 Å². The number of fused-ring (bicyclic) bond motifs is 1. The van der Waals surface area contributed by atoms with E-state index in [4.69, 9.17) is 11.6 Å². The fraction of sp³-hybridized carbons (Fsp3) is 0.250. The predicted molar refractivity (Wildman–Crippen MR) is 83.4 cm³/mol. The van der Waals surface area contributed by atoms with E-state index in [1.165, 1.54) is 0 Å². The Kier molecular flexibility index (Phi) is 3.66. The second kappa shape index (κ2) is 5.47. The van der Waals surface area contributed by atoms with Gasteiger partial charge in [0, 0.05) is 17.6 Å². The standard InChI is InChI=1S/C16H16ClN3O/c1-10(2)20-15(13(17)9-19-20)16(21)14-12-6-4-3-5-11(12)7-8-18-14/h3-10,16,21H,1-2H3. The molecule has 4 nitrogen and oxygen atoms in total. The molecular formula is C16H16ClN3O. The Morgan fingerprint density at radius 2 is 1.95 bits per heavy atom. The number of nitrogens with zero attached hydrogens (tertiary/aromatic N) is 3. The van der Waals surface area contributed by atoms with Gasteiger partial charge in [-0.25, -0.2) is 0 Å². The minimum Gasteiger partial charge on any atom is -0.380 e. The molecule has 0 aliphatic carbocycles. The number of benzene rings is 1. The highest BCUT2D eigenvalue weighted by atomic mass is 35.5. The maximum Gasteiger partial charge on any atom is 0.140 e. The van der Waals surface area contributed by atoms with Crippen LogP contribution >= 0.6 is 11.6 Å². The molecule has 21 heavy (non-hydrogen) atoms. The summed E-state index contributed by atoms with van der Waals surface area (Å²) in [4.78, 5) is 4.35. The van der Waals surface area contributed by atoms with Gasteiger partial charge in [0.1, 0.15) is 6.10 Å². The number of halogens is 1. The highest BCUT2D eigenvalue weighted by Gasteiger charge is 2.23. The van der Waals surface area contributed by atoms with Gasteiger partial charge < -0.3 is 5.11 Å². The minimum absolute atomic E-state index is 0.108. The number of hydrogen-bond acceptors (Lipinski definition) is 3. The van der Waals surface area contributed by atoms with Gasteiger partial charge >= 0.3 is 0 Å². The van der Waals surface area contributed by atoms with E-state index >= 15 is 0 Å². The summed E-state index contributed by atoms with van der Waals surface area (Å²) < 4.78 is 1.73. The topological polar surface area (TPSA) is 50.9 Å². The molecule has 3 rings (SSSR count). The Balaban J connectivity index is 2.17. The maximum absolute atomic E-state index is 10.8. The Hall–Kier alpha value is -1.91. The van der Waals surface area contributed by atoms with E-state index in [2.05, 4.69) is 10.1 Å². The van der Waals surface area contributed by atoms with Crippen LogP contribution in [0.1, 0.15) is 37.4 Å². The lowest BCUT2D eigenvalue weighted by atomic mass is 10.0. The monoisotopic (exact) mass is 301 g/mol. The molecule has 0 aliphatic heterocycles. The molecule has 0 saturated carbocycles. The van der Waals surface area contributed by atoms with Crippen molar-refractivity contribution >= 4 is 22.4 Å². The first-order valence-corrected chi connectivity index (χ1v) is 7.22. The molecule has 1 unspecified atom stereocenters. The third kappa shape index (κ3) is 2.41. The summed E-state index contributed by atoms with van der Waals surface area (Å²) in [5.74, 6) is 0. The second-order valence-corrected chi connectivity index (χ2v) is 5.64. The van der Waals surface area contributed by atoms with E-state index in [0.717, 1.165) is 10.8 Å². The molecule has 0 aliphatic rings. The average molecular weight is 302 g/mol. The van der Waals surface area contributed by atoms with Crippen molar-refractivity contribution in [2.24, 2.45) is 0 Å². The number of aliphatic hydroxyl groups excluding tert-OH is 1. The van der Waals surface area contributed by atoms with Gasteiger partial charge in [0.2, 0.25) is 0 Å². The van der Waals surface area contributed by atoms with Crippen molar-refractivity contribution in [3.63, 3.8) is 0 Å². The first-order valence-electron chi connectivity index (χ1n) is 6.84. The average Bonchev–Trinajstić information content (AvgIpc) is 2.88. The third-order valence-electron chi connectivity index (χ3n) is 3.50. The third-order valence-corrected chi connectivity index (χ3v) is 3.79. The van der Waals surface area contributed by atoms with Crippen molar-refractivity contribution in [2.75, 3.05) is 0 Å². The molecule has 0 radical (unpaired) electrons. The van der Waals surface area contributed by atoms with Crippen LogP contribution in [0.3, 0.4) is 0 Å². The van der Waals surface area contributed by atoms with Crippen LogP contribution in [-0.2, 0) is 0 Å². The molecule has 1 N–H and O–H groups in total. The molecule has 0 amide bonds. The van der Waals surface area contributed by atoms with Gasteiger partial charge in [-0.3, -0.25) is 9.67 Å². The molecule has 3 aromatic rings. The molecule has 0 saturated heterocycles. The van der Waals surface area contributed by atoms with Crippen LogP contribution in [0.4, 0.5) is 0 Å². The van der Waals surface area contributed by atoms with Gasteiger partial charge in [-0.2, -0.15) is 5.10 Å². The Bertz CT molecular complexity index is 777. The number of rotatable bonds is 3. The zero-order valence-corrected chi connectivity index (χ0v) is 12.6. The van der Waals surface area contributed by atoms with Crippen molar-refractivity contribution in [2.45, 2.75) is 26.0 Å². The van der Waals surface area contributed by atoms with E-state index < -0.39 is 6.10 Å². The summed E-state index contributed by atoms with van der Waals surface area (Å²) in [5.41, 5.74) is 1.17. The van der Waals surface area contributed by atoms with Crippen LogP contribution < -0.4 is 0 Å².